The van der Waals surface area contributed by atoms with Gasteiger partial charge in [-0.1, -0.05) is 41.4 Å². The number of para-hydroxylation sites is 1. The third-order valence-electron chi connectivity index (χ3n) is 2.26. The Kier molecular flexibility index (Phi) is 4.66. The molecule has 0 spiro atoms. The van der Waals surface area contributed by atoms with Gasteiger partial charge in [-0.25, -0.2) is 0 Å². The highest BCUT2D eigenvalue weighted by Gasteiger charge is 2.05. The minimum absolute atomic E-state index is 0.0753. The van der Waals surface area contributed by atoms with Gasteiger partial charge >= 0.3 is 0 Å². The van der Waals surface area contributed by atoms with Gasteiger partial charge in [-0.05, 0) is 30.3 Å². The van der Waals surface area contributed by atoms with Crippen molar-refractivity contribution >= 4 is 34.8 Å². The molecule has 0 saturated carbocycles. The summed E-state index contributed by atoms with van der Waals surface area (Å²) in [4.78, 5) is 11.7. The van der Waals surface area contributed by atoms with Crippen LogP contribution in [0.25, 0.3) is 0 Å². The smallest absolute Gasteiger partial charge is 0.262 e. The highest BCUT2D eigenvalue weighted by molar-refractivity contribution is 6.35. The molecule has 1 amide bonds. The van der Waals surface area contributed by atoms with E-state index in [0.717, 1.165) is 0 Å². The van der Waals surface area contributed by atoms with Crippen LogP contribution < -0.4 is 10.1 Å². The van der Waals surface area contributed by atoms with Gasteiger partial charge in [0.15, 0.2) is 6.61 Å². The Hall–Kier alpha value is -1.71. The second kappa shape index (κ2) is 6.45. The van der Waals surface area contributed by atoms with E-state index >= 15 is 0 Å². The predicted octanol–water partition coefficient (Wildman–Crippen LogP) is 4.01. The number of nitrogens with one attached hydrogen (secondary N) is 1. The maximum atomic E-state index is 11.7. The average Bonchev–Trinajstić information content (AvgIpc) is 2.36. The summed E-state index contributed by atoms with van der Waals surface area (Å²) in [6.45, 7) is -0.0753. The first kappa shape index (κ1) is 13.7. The maximum absolute atomic E-state index is 11.7. The molecule has 2 rings (SSSR count). The van der Waals surface area contributed by atoms with Gasteiger partial charge in [0.2, 0.25) is 0 Å². The molecule has 0 aliphatic heterocycles. The third kappa shape index (κ3) is 4.47. The monoisotopic (exact) mass is 295 g/mol. The van der Waals surface area contributed by atoms with Crippen LogP contribution in [0.4, 0.5) is 5.69 Å². The fraction of sp³-hybridized carbons (Fsp3) is 0.0714. The molecule has 0 unspecified atom stereocenters. The number of amides is 1. The second-order valence-corrected chi connectivity index (χ2v) is 4.68. The quantitative estimate of drug-likeness (QED) is 0.925. The Bertz CT molecular complexity index is 553. The van der Waals surface area contributed by atoms with Gasteiger partial charge in [0.25, 0.3) is 5.91 Å². The van der Waals surface area contributed by atoms with Crippen LogP contribution in [-0.2, 0) is 4.79 Å². The lowest BCUT2D eigenvalue weighted by molar-refractivity contribution is -0.118. The minimum atomic E-state index is -0.276. The third-order valence-corrected chi connectivity index (χ3v) is 2.70. The maximum Gasteiger partial charge on any atom is 0.262 e. The van der Waals surface area contributed by atoms with E-state index in [1.807, 2.05) is 18.2 Å². The van der Waals surface area contributed by atoms with Crippen molar-refractivity contribution in [2.45, 2.75) is 0 Å². The van der Waals surface area contributed by atoms with Crippen molar-refractivity contribution in [3.8, 4) is 5.75 Å². The normalized spacial score (nSPS) is 10.0. The SMILES string of the molecule is O=C(COc1ccccc1)Nc1cc(Cl)cc(Cl)c1. The topological polar surface area (TPSA) is 38.3 Å². The van der Waals surface area contributed by atoms with Gasteiger partial charge in [-0.2, -0.15) is 0 Å². The number of carbonyl (C=O) groups excluding carboxylic acids is 1. The van der Waals surface area contributed by atoms with Crippen molar-refractivity contribution in [3.05, 3.63) is 58.6 Å². The Morgan fingerprint density at radius 2 is 1.68 bits per heavy atom. The molecule has 0 radical (unpaired) electrons. The lowest BCUT2D eigenvalue weighted by atomic mass is 10.3. The van der Waals surface area contributed by atoms with Crippen molar-refractivity contribution < 1.29 is 9.53 Å². The molecule has 0 heterocycles. The fourth-order valence-electron chi connectivity index (χ4n) is 1.49. The summed E-state index contributed by atoms with van der Waals surface area (Å²) in [6, 6.07) is 13.9. The first-order valence-electron chi connectivity index (χ1n) is 5.57. The van der Waals surface area contributed by atoms with Crippen LogP contribution in [0.3, 0.4) is 0 Å². The molecule has 0 aromatic heterocycles. The zero-order chi connectivity index (χ0) is 13.7. The highest BCUT2D eigenvalue weighted by Crippen LogP contribution is 2.22. The number of ether oxygens (including phenoxy) is 1. The van der Waals surface area contributed by atoms with E-state index in [0.29, 0.717) is 21.5 Å². The number of rotatable bonds is 4. The number of hydrogen-bond acceptors (Lipinski definition) is 2. The summed E-state index contributed by atoms with van der Waals surface area (Å²) in [5.74, 6) is 0.365. The lowest BCUT2D eigenvalue weighted by Crippen LogP contribution is -2.20. The zero-order valence-corrected chi connectivity index (χ0v) is 11.4. The van der Waals surface area contributed by atoms with Gasteiger partial charge in [-0.15, -0.1) is 0 Å². The van der Waals surface area contributed by atoms with E-state index in [1.54, 1.807) is 30.3 Å². The number of hydrogen-bond donors (Lipinski definition) is 1. The van der Waals surface area contributed by atoms with Crippen LogP contribution in [0.15, 0.2) is 48.5 Å². The Labute approximate surface area is 121 Å². The van der Waals surface area contributed by atoms with E-state index in [4.69, 9.17) is 27.9 Å². The van der Waals surface area contributed by atoms with Crippen LogP contribution in [0, 0.1) is 0 Å². The zero-order valence-electron chi connectivity index (χ0n) is 9.90. The molecule has 0 aliphatic carbocycles. The van der Waals surface area contributed by atoms with E-state index < -0.39 is 0 Å². The van der Waals surface area contributed by atoms with E-state index in [-0.39, 0.29) is 12.5 Å². The van der Waals surface area contributed by atoms with Gasteiger partial charge in [-0.3, -0.25) is 4.79 Å². The molecule has 19 heavy (non-hydrogen) atoms. The van der Waals surface area contributed by atoms with E-state index in [1.165, 1.54) is 0 Å². The van der Waals surface area contributed by atoms with E-state index in [9.17, 15) is 4.79 Å². The molecule has 0 atom stereocenters. The van der Waals surface area contributed by atoms with Crippen LogP contribution in [0.5, 0.6) is 5.75 Å². The van der Waals surface area contributed by atoms with Crippen molar-refractivity contribution in [2.75, 3.05) is 11.9 Å². The van der Waals surface area contributed by atoms with Crippen molar-refractivity contribution in [1.82, 2.24) is 0 Å². The highest BCUT2D eigenvalue weighted by atomic mass is 35.5. The summed E-state index contributed by atoms with van der Waals surface area (Å²) in [6.07, 6.45) is 0. The van der Waals surface area contributed by atoms with Gasteiger partial charge < -0.3 is 10.1 Å². The summed E-state index contributed by atoms with van der Waals surface area (Å²) < 4.78 is 5.32. The Balaban J connectivity index is 1.91. The first-order valence-corrected chi connectivity index (χ1v) is 6.33. The molecule has 2 aromatic carbocycles. The molecule has 1 N–H and O–H groups in total. The lowest BCUT2D eigenvalue weighted by Gasteiger charge is -2.08. The first-order chi connectivity index (χ1) is 9.13. The van der Waals surface area contributed by atoms with E-state index in [2.05, 4.69) is 5.32 Å². The molecule has 3 nitrogen and oxygen atoms in total. The van der Waals surface area contributed by atoms with Gasteiger partial charge in [0, 0.05) is 15.7 Å². The largest absolute Gasteiger partial charge is 0.484 e. The molecule has 2 aromatic rings. The molecule has 0 fully saturated rings. The molecule has 0 bridgehead atoms. The number of anilines is 1. The average molecular weight is 296 g/mol. The van der Waals surface area contributed by atoms with Crippen molar-refractivity contribution in [3.63, 3.8) is 0 Å². The molecule has 98 valence electrons. The summed E-state index contributed by atoms with van der Waals surface area (Å²) in [5, 5.41) is 3.59. The minimum Gasteiger partial charge on any atom is -0.484 e. The molecular weight excluding hydrogens is 285 g/mol. The molecule has 5 heteroatoms. The van der Waals surface area contributed by atoms with Gasteiger partial charge in [0.05, 0.1) is 0 Å². The van der Waals surface area contributed by atoms with Crippen LogP contribution in [0.1, 0.15) is 0 Å². The van der Waals surface area contributed by atoms with Crippen molar-refractivity contribution in [1.29, 1.82) is 0 Å². The Morgan fingerprint density at radius 3 is 2.32 bits per heavy atom. The Morgan fingerprint density at radius 1 is 1.05 bits per heavy atom. The number of carbonyl (C=O) groups is 1. The summed E-state index contributed by atoms with van der Waals surface area (Å²) in [5.41, 5.74) is 0.541. The summed E-state index contributed by atoms with van der Waals surface area (Å²) in [7, 11) is 0. The fourth-order valence-corrected chi connectivity index (χ4v) is 2.01. The second-order valence-electron chi connectivity index (χ2n) is 3.81. The predicted molar refractivity (Wildman–Crippen MR) is 77.0 cm³/mol. The van der Waals surface area contributed by atoms with Crippen LogP contribution >= 0.6 is 23.2 Å². The molecule has 0 saturated heterocycles. The standard InChI is InChI=1S/C14H11Cl2NO2/c15-10-6-11(16)8-12(7-10)17-14(18)9-19-13-4-2-1-3-5-13/h1-8H,9H2,(H,17,18). The van der Waals surface area contributed by atoms with Crippen LogP contribution in [-0.4, -0.2) is 12.5 Å². The van der Waals surface area contributed by atoms with Gasteiger partial charge in [0.1, 0.15) is 5.75 Å². The number of halogens is 2. The summed E-state index contributed by atoms with van der Waals surface area (Å²) >= 11 is 11.7. The van der Waals surface area contributed by atoms with Crippen molar-refractivity contribution in [2.24, 2.45) is 0 Å². The van der Waals surface area contributed by atoms with Crippen LogP contribution in [0.2, 0.25) is 10.0 Å². The molecule has 0 aliphatic rings. The molecular formula is C14H11Cl2NO2. The number of benzene rings is 2.